The van der Waals surface area contributed by atoms with Crippen molar-refractivity contribution in [2.45, 2.75) is 11.6 Å². The van der Waals surface area contributed by atoms with E-state index in [-0.39, 0.29) is 5.82 Å². The zero-order valence-electron chi connectivity index (χ0n) is 15.7. The van der Waals surface area contributed by atoms with E-state index in [1.165, 1.54) is 17.8 Å². The molecule has 6 heteroatoms. The molecule has 2 aromatic carbocycles. The summed E-state index contributed by atoms with van der Waals surface area (Å²) in [6, 6.07) is 17.2. The number of aromatic nitrogens is 1. The molecule has 0 N–H and O–H groups in total. The van der Waals surface area contributed by atoms with Crippen LogP contribution in [0.4, 0.5) is 10.1 Å². The second-order valence-corrected chi connectivity index (χ2v) is 7.66. The Balaban J connectivity index is 1.59. The van der Waals surface area contributed by atoms with Gasteiger partial charge in [0.05, 0.1) is 11.2 Å². The highest BCUT2D eigenvalue weighted by molar-refractivity contribution is 7.98. The summed E-state index contributed by atoms with van der Waals surface area (Å²) in [6.45, 7) is 4.13. The molecule has 1 saturated heterocycles. The van der Waals surface area contributed by atoms with Gasteiger partial charge < -0.3 is 4.90 Å². The molecule has 28 heavy (non-hydrogen) atoms. The fourth-order valence-electron chi connectivity index (χ4n) is 3.77. The van der Waals surface area contributed by atoms with E-state index in [2.05, 4.69) is 20.9 Å². The number of rotatable bonds is 4. The summed E-state index contributed by atoms with van der Waals surface area (Å²) in [5.41, 5.74) is 3.56. The maximum Gasteiger partial charge on any atom is 0.123 e. The number of nitriles is 1. The molecule has 2 heterocycles. The lowest BCUT2D eigenvalue weighted by atomic mass is 10.1. The molecule has 0 atom stereocenters. The van der Waals surface area contributed by atoms with Crippen LogP contribution in [0.5, 0.6) is 0 Å². The third-order valence-corrected chi connectivity index (χ3v) is 5.80. The number of pyridine rings is 1. The monoisotopic (exact) mass is 392 g/mol. The first kappa shape index (κ1) is 18.7. The van der Waals surface area contributed by atoms with Crippen molar-refractivity contribution in [3.05, 3.63) is 65.5 Å². The van der Waals surface area contributed by atoms with Gasteiger partial charge in [0.15, 0.2) is 0 Å². The van der Waals surface area contributed by atoms with Gasteiger partial charge in [-0.25, -0.2) is 9.37 Å². The van der Waals surface area contributed by atoms with Gasteiger partial charge in [0.25, 0.3) is 0 Å². The lowest BCUT2D eigenvalue weighted by molar-refractivity contribution is 0.249. The zero-order chi connectivity index (χ0) is 19.5. The van der Waals surface area contributed by atoms with E-state index < -0.39 is 0 Å². The predicted molar refractivity (Wildman–Crippen MR) is 112 cm³/mol. The number of hydrogen-bond acceptors (Lipinski definition) is 5. The summed E-state index contributed by atoms with van der Waals surface area (Å²) in [5, 5.41) is 11.6. The van der Waals surface area contributed by atoms with E-state index in [1.54, 1.807) is 12.1 Å². The first-order chi connectivity index (χ1) is 13.7. The van der Waals surface area contributed by atoms with Crippen LogP contribution in [0.1, 0.15) is 11.1 Å². The molecule has 0 radical (unpaired) electrons. The number of fused-ring (bicyclic) bond motifs is 1. The number of para-hydroxylation sites is 1. The average Bonchev–Trinajstić information content (AvgIpc) is 2.73. The normalized spacial score (nSPS) is 15.0. The Kier molecular flexibility index (Phi) is 5.47. The van der Waals surface area contributed by atoms with Crippen LogP contribution in [0.25, 0.3) is 10.9 Å². The van der Waals surface area contributed by atoms with E-state index in [1.807, 2.05) is 36.6 Å². The number of thioether (sulfide) groups is 1. The molecule has 4 rings (SSSR count). The van der Waals surface area contributed by atoms with E-state index in [0.29, 0.717) is 5.56 Å². The third-order valence-electron chi connectivity index (χ3n) is 5.12. The lowest BCUT2D eigenvalue weighted by Crippen LogP contribution is -2.46. The van der Waals surface area contributed by atoms with Gasteiger partial charge in [0.1, 0.15) is 22.5 Å². The Morgan fingerprint density at radius 1 is 1.11 bits per heavy atom. The van der Waals surface area contributed by atoms with Crippen LogP contribution in [0.15, 0.2) is 53.6 Å². The van der Waals surface area contributed by atoms with Gasteiger partial charge in [0, 0.05) is 38.1 Å². The topological polar surface area (TPSA) is 43.2 Å². The fourth-order valence-corrected chi connectivity index (χ4v) is 4.31. The van der Waals surface area contributed by atoms with Crippen LogP contribution < -0.4 is 4.90 Å². The minimum Gasteiger partial charge on any atom is -0.367 e. The van der Waals surface area contributed by atoms with Crippen LogP contribution in [0, 0.1) is 17.1 Å². The first-order valence-corrected chi connectivity index (χ1v) is 10.5. The van der Waals surface area contributed by atoms with Gasteiger partial charge in [-0.15, -0.1) is 11.8 Å². The SMILES string of the molecule is CSc1nc2ccccc2c(N2CCN(Cc3cccc(F)c3)CC2)c1C#N. The number of anilines is 1. The van der Waals surface area contributed by atoms with Gasteiger partial charge in [0.2, 0.25) is 0 Å². The van der Waals surface area contributed by atoms with Crippen molar-refractivity contribution in [3.63, 3.8) is 0 Å². The van der Waals surface area contributed by atoms with Gasteiger partial charge >= 0.3 is 0 Å². The smallest absolute Gasteiger partial charge is 0.123 e. The van der Waals surface area contributed by atoms with Crippen LogP contribution in [-0.2, 0) is 6.54 Å². The molecule has 4 nitrogen and oxygen atoms in total. The predicted octanol–water partition coefficient (Wildman–Crippen LogP) is 4.29. The summed E-state index contributed by atoms with van der Waals surface area (Å²) in [4.78, 5) is 9.29. The summed E-state index contributed by atoms with van der Waals surface area (Å²) in [7, 11) is 0. The Labute approximate surface area is 168 Å². The Hall–Kier alpha value is -2.62. The summed E-state index contributed by atoms with van der Waals surface area (Å²) < 4.78 is 13.4. The first-order valence-electron chi connectivity index (χ1n) is 9.28. The Morgan fingerprint density at radius 3 is 2.61 bits per heavy atom. The van der Waals surface area contributed by atoms with Crippen molar-refractivity contribution in [1.82, 2.24) is 9.88 Å². The number of halogens is 1. The molecule has 0 unspecified atom stereocenters. The number of piperazine rings is 1. The molecule has 1 aliphatic rings. The molecule has 0 spiro atoms. The molecule has 0 amide bonds. The minimum absolute atomic E-state index is 0.192. The maximum absolute atomic E-state index is 13.4. The fraction of sp³-hybridized carbons (Fsp3) is 0.273. The summed E-state index contributed by atoms with van der Waals surface area (Å²) in [5.74, 6) is -0.192. The molecule has 1 aromatic heterocycles. The summed E-state index contributed by atoms with van der Waals surface area (Å²) >= 11 is 1.51. The Bertz CT molecular complexity index is 1040. The molecule has 142 valence electrons. The lowest BCUT2D eigenvalue weighted by Gasteiger charge is -2.37. The van der Waals surface area contributed by atoms with Crippen molar-refractivity contribution in [2.24, 2.45) is 0 Å². The van der Waals surface area contributed by atoms with Crippen molar-refractivity contribution in [2.75, 3.05) is 37.3 Å². The molecule has 0 saturated carbocycles. The quantitative estimate of drug-likeness (QED) is 0.620. The molecule has 1 fully saturated rings. The standard InChI is InChI=1S/C22H21FN4S/c1-28-22-19(14-24)21(18-7-2-3-8-20(18)25-22)27-11-9-26(10-12-27)15-16-5-4-6-17(23)13-16/h2-8,13H,9-12,15H2,1H3. The molecule has 0 bridgehead atoms. The molecule has 1 aliphatic heterocycles. The van der Waals surface area contributed by atoms with Crippen molar-refractivity contribution >= 4 is 28.4 Å². The zero-order valence-corrected chi connectivity index (χ0v) is 16.5. The highest BCUT2D eigenvalue weighted by atomic mass is 32.2. The minimum atomic E-state index is -0.192. The number of nitrogens with zero attached hydrogens (tertiary/aromatic N) is 4. The van der Waals surface area contributed by atoms with Crippen LogP contribution in [-0.4, -0.2) is 42.3 Å². The van der Waals surface area contributed by atoms with E-state index in [9.17, 15) is 9.65 Å². The van der Waals surface area contributed by atoms with Gasteiger partial charge in [-0.2, -0.15) is 5.26 Å². The molecule has 3 aromatic rings. The van der Waals surface area contributed by atoms with E-state index in [4.69, 9.17) is 0 Å². The van der Waals surface area contributed by atoms with Crippen molar-refractivity contribution in [1.29, 1.82) is 5.26 Å². The maximum atomic E-state index is 13.4. The second kappa shape index (κ2) is 8.17. The van der Waals surface area contributed by atoms with Crippen molar-refractivity contribution < 1.29 is 4.39 Å². The third kappa shape index (κ3) is 3.68. The molecule has 0 aliphatic carbocycles. The van der Waals surface area contributed by atoms with E-state index in [0.717, 1.165) is 59.9 Å². The molecular formula is C22H21FN4S. The highest BCUT2D eigenvalue weighted by Crippen LogP contribution is 2.35. The second-order valence-electron chi connectivity index (χ2n) is 6.87. The van der Waals surface area contributed by atoms with Gasteiger partial charge in [-0.1, -0.05) is 30.3 Å². The van der Waals surface area contributed by atoms with Gasteiger partial charge in [-0.05, 0) is 30.0 Å². The molecular weight excluding hydrogens is 371 g/mol. The average molecular weight is 393 g/mol. The Morgan fingerprint density at radius 2 is 1.89 bits per heavy atom. The van der Waals surface area contributed by atoms with E-state index >= 15 is 0 Å². The number of hydrogen-bond donors (Lipinski definition) is 0. The van der Waals surface area contributed by atoms with Crippen LogP contribution >= 0.6 is 11.8 Å². The number of benzene rings is 2. The van der Waals surface area contributed by atoms with Gasteiger partial charge in [-0.3, -0.25) is 4.90 Å². The largest absolute Gasteiger partial charge is 0.367 e. The van der Waals surface area contributed by atoms with Crippen LogP contribution in [0.3, 0.4) is 0 Å². The highest BCUT2D eigenvalue weighted by Gasteiger charge is 2.24. The van der Waals surface area contributed by atoms with Crippen LogP contribution in [0.2, 0.25) is 0 Å². The summed E-state index contributed by atoms with van der Waals surface area (Å²) in [6.07, 6.45) is 1.96. The van der Waals surface area contributed by atoms with Crippen molar-refractivity contribution in [3.8, 4) is 6.07 Å².